The lowest BCUT2D eigenvalue weighted by Gasteiger charge is -2.20. The number of hydrogen-bond donors (Lipinski definition) is 0. The molecule has 0 spiro atoms. The lowest BCUT2D eigenvalue weighted by atomic mass is 10.1. The van der Waals surface area contributed by atoms with Crippen molar-refractivity contribution < 1.29 is 14.3 Å². The Hall–Kier alpha value is -1.54. The monoisotopic (exact) mass is 433 g/mol. The first-order valence-electron chi connectivity index (χ1n) is 8.19. The fourth-order valence-electron chi connectivity index (χ4n) is 2.47. The molecule has 1 amide bonds. The number of rotatable bonds is 9. The van der Waals surface area contributed by atoms with Gasteiger partial charge in [-0.05, 0) is 45.3 Å². The number of ether oxygens (including phenoxy) is 2. The Morgan fingerprint density at radius 2 is 1.96 bits per heavy atom. The van der Waals surface area contributed by atoms with Gasteiger partial charge in [-0.1, -0.05) is 0 Å². The van der Waals surface area contributed by atoms with Crippen LogP contribution in [0.1, 0.15) is 6.42 Å². The summed E-state index contributed by atoms with van der Waals surface area (Å²) >= 11 is 7.20. The van der Waals surface area contributed by atoms with Crippen LogP contribution in [0.15, 0.2) is 23.6 Å². The molecular formula is C18H25Cl2N3O3S. The van der Waals surface area contributed by atoms with Crippen molar-refractivity contribution in [2.45, 2.75) is 6.42 Å². The molecule has 0 saturated heterocycles. The summed E-state index contributed by atoms with van der Waals surface area (Å²) in [4.78, 5) is 20.6. The average molecular weight is 434 g/mol. The topological polar surface area (TPSA) is 54.9 Å². The first kappa shape index (κ1) is 23.5. The molecule has 1 aromatic carbocycles. The van der Waals surface area contributed by atoms with Gasteiger partial charge in [-0.3, -0.25) is 9.69 Å². The van der Waals surface area contributed by atoms with Crippen LogP contribution in [0.5, 0.6) is 11.5 Å². The van der Waals surface area contributed by atoms with Gasteiger partial charge >= 0.3 is 0 Å². The third kappa shape index (κ3) is 6.24. The fraction of sp³-hybridized carbons (Fsp3) is 0.444. The number of alkyl halides is 1. The zero-order chi connectivity index (χ0) is 19.1. The highest BCUT2D eigenvalue weighted by Crippen LogP contribution is 2.36. The predicted octanol–water partition coefficient (Wildman–Crippen LogP) is 3.77. The van der Waals surface area contributed by atoms with E-state index in [9.17, 15) is 4.79 Å². The molecule has 9 heteroatoms. The molecule has 2 rings (SSSR count). The summed E-state index contributed by atoms with van der Waals surface area (Å²) in [7, 11) is 7.24. The van der Waals surface area contributed by atoms with Crippen LogP contribution in [-0.4, -0.2) is 63.1 Å². The molecule has 0 saturated carbocycles. The lowest BCUT2D eigenvalue weighted by Crippen LogP contribution is -2.34. The number of methoxy groups -OCH3 is 2. The largest absolute Gasteiger partial charge is 0.497 e. The summed E-state index contributed by atoms with van der Waals surface area (Å²) in [5, 5.41) is 2.54. The van der Waals surface area contributed by atoms with E-state index >= 15 is 0 Å². The highest BCUT2D eigenvalue weighted by atomic mass is 35.5. The maximum atomic E-state index is 12.3. The van der Waals surface area contributed by atoms with Crippen LogP contribution in [-0.2, 0) is 4.79 Å². The fourth-order valence-corrected chi connectivity index (χ4v) is 3.48. The van der Waals surface area contributed by atoms with E-state index in [0.29, 0.717) is 17.4 Å². The molecule has 0 bridgehead atoms. The zero-order valence-electron chi connectivity index (χ0n) is 15.9. The smallest absolute Gasteiger partial charge is 0.243 e. The minimum Gasteiger partial charge on any atom is -0.497 e. The van der Waals surface area contributed by atoms with Crippen molar-refractivity contribution in [1.82, 2.24) is 9.88 Å². The number of halogens is 2. The molecule has 0 atom stereocenters. The Kier molecular flexibility index (Phi) is 9.87. The van der Waals surface area contributed by atoms with Gasteiger partial charge in [-0.15, -0.1) is 35.3 Å². The molecule has 0 aliphatic carbocycles. The molecule has 27 heavy (non-hydrogen) atoms. The lowest BCUT2D eigenvalue weighted by molar-refractivity contribution is -0.116. The molecule has 0 unspecified atom stereocenters. The molecule has 2 aromatic rings. The van der Waals surface area contributed by atoms with Gasteiger partial charge in [0.05, 0.1) is 19.9 Å². The number of anilines is 1. The Balaban J connectivity index is 0.00000364. The van der Waals surface area contributed by atoms with E-state index in [1.807, 2.05) is 37.7 Å². The Morgan fingerprint density at radius 3 is 2.56 bits per heavy atom. The number of benzene rings is 1. The van der Waals surface area contributed by atoms with E-state index in [4.69, 9.17) is 21.1 Å². The third-order valence-electron chi connectivity index (χ3n) is 3.81. The second-order valence-corrected chi connectivity index (χ2v) is 7.02. The van der Waals surface area contributed by atoms with E-state index < -0.39 is 0 Å². The van der Waals surface area contributed by atoms with Gasteiger partial charge in [0.1, 0.15) is 17.4 Å². The van der Waals surface area contributed by atoms with Crippen LogP contribution in [0.4, 0.5) is 5.13 Å². The number of thiazole rings is 1. The first-order chi connectivity index (χ1) is 12.5. The van der Waals surface area contributed by atoms with Crippen molar-refractivity contribution in [3.63, 3.8) is 0 Å². The molecule has 150 valence electrons. The Bertz CT molecular complexity index is 740. The van der Waals surface area contributed by atoms with Crippen LogP contribution in [0.3, 0.4) is 0 Å². The Morgan fingerprint density at radius 1 is 1.22 bits per heavy atom. The van der Waals surface area contributed by atoms with Gasteiger partial charge in [0.25, 0.3) is 0 Å². The third-order valence-corrected chi connectivity index (χ3v) is 4.90. The highest BCUT2D eigenvalue weighted by Gasteiger charge is 2.20. The van der Waals surface area contributed by atoms with Crippen molar-refractivity contribution in [3.8, 4) is 22.8 Å². The van der Waals surface area contributed by atoms with E-state index in [2.05, 4.69) is 9.88 Å². The zero-order valence-corrected chi connectivity index (χ0v) is 18.3. The number of aromatic nitrogens is 1. The van der Waals surface area contributed by atoms with Crippen LogP contribution >= 0.6 is 35.3 Å². The summed E-state index contributed by atoms with van der Waals surface area (Å²) in [6.45, 7) is 1.46. The van der Waals surface area contributed by atoms with Crippen LogP contribution in [0, 0.1) is 0 Å². The molecular weight excluding hydrogens is 409 g/mol. The van der Waals surface area contributed by atoms with E-state index in [1.165, 1.54) is 11.3 Å². The van der Waals surface area contributed by atoms with E-state index in [1.54, 1.807) is 19.1 Å². The van der Waals surface area contributed by atoms with Crippen molar-refractivity contribution in [2.24, 2.45) is 0 Å². The highest BCUT2D eigenvalue weighted by molar-refractivity contribution is 7.14. The minimum absolute atomic E-state index is 0. The van der Waals surface area contributed by atoms with E-state index in [0.717, 1.165) is 30.0 Å². The van der Waals surface area contributed by atoms with Crippen LogP contribution in [0.25, 0.3) is 11.3 Å². The standard InChI is InChI=1S/C18H24ClN3O3S.ClH/c1-21(2)8-5-9-22(17(23)11-19)18-20-15(12-26-18)14-10-13(24-3)6-7-16(14)25-4;/h6-7,10,12H,5,8-9,11H2,1-4H3;1H. The van der Waals surface area contributed by atoms with Gasteiger partial charge in [0.15, 0.2) is 5.13 Å². The second-order valence-electron chi connectivity index (χ2n) is 5.92. The van der Waals surface area contributed by atoms with E-state index in [-0.39, 0.29) is 24.2 Å². The number of amides is 1. The second kappa shape index (κ2) is 11.3. The van der Waals surface area contributed by atoms with Crippen molar-refractivity contribution in [1.29, 1.82) is 0 Å². The average Bonchev–Trinajstić information content (AvgIpc) is 3.13. The van der Waals surface area contributed by atoms with Gasteiger partial charge in [-0.2, -0.15) is 0 Å². The first-order valence-corrected chi connectivity index (χ1v) is 9.60. The summed E-state index contributed by atoms with van der Waals surface area (Å²) in [6.07, 6.45) is 0.840. The molecule has 0 N–H and O–H groups in total. The number of nitrogens with zero attached hydrogens (tertiary/aromatic N) is 3. The van der Waals surface area contributed by atoms with Crippen LogP contribution < -0.4 is 14.4 Å². The summed E-state index contributed by atoms with van der Waals surface area (Å²) in [5.41, 5.74) is 1.56. The van der Waals surface area contributed by atoms with Gasteiger partial charge in [0, 0.05) is 17.5 Å². The molecule has 0 aliphatic heterocycles. The molecule has 0 radical (unpaired) electrons. The summed E-state index contributed by atoms with van der Waals surface area (Å²) in [6, 6.07) is 5.55. The molecule has 0 aliphatic rings. The molecule has 1 heterocycles. The van der Waals surface area contributed by atoms with Gasteiger partial charge < -0.3 is 14.4 Å². The quantitative estimate of drug-likeness (QED) is 0.563. The SMILES string of the molecule is COc1ccc(OC)c(-c2csc(N(CCCN(C)C)C(=O)CCl)n2)c1.Cl. The molecule has 6 nitrogen and oxygen atoms in total. The maximum Gasteiger partial charge on any atom is 0.243 e. The van der Waals surface area contributed by atoms with Crippen molar-refractivity contribution in [3.05, 3.63) is 23.6 Å². The van der Waals surface area contributed by atoms with Gasteiger partial charge in [-0.25, -0.2) is 4.98 Å². The minimum atomic E-state index is -0.149. The molecule has 1 aromatic heterocycles. The van der Waals surface area contributed by atoms with Crippen molar-refractivity contribution >= 4 is 46.4 Å². The normalized spacial score (nSPS) is 10.4. The Labute approximate surface area is 175 Å². The number of carbonyl (C=O) groups is 1. The summed E-state index contributed by atoms with van der Waals surface area (Å²) < 4.78 is 10.7. The van der Waals surface area contributed by atoms with Gasteiger partial charge in [0.2, 0.25) is 5.91 Å². The summed E-state index contributed by atoms with van der Waals surface area (Å²) in [5.74, 6) is 1.20. The molecule has 0 fully saturated rings. The maximum absolute atomic E-state index is 12.3. The number of carbonyl (C=O) groups excluding carboxylic acids is 1. The van der Waals surface area contributed by atoms with Crippen molar-refractivity contribution in [2.75, 3.05) is 52.2 Å². The predicted molar refractivity (Wildman–Crippen MR) is 114 cm³/mol. The van der Waals surface area contributed by atoms with Crippen LogP contribution in [0.2, 0.25) is 0 Å². The number of hydrogen-bond acceptors (Lipinski definition) is 6.